The Morgan fingerprint density at radius 3 is 1.85 bits per heavy atom. The van der Waals surface area contributed by atoms with Crippen LogP contribution in [-0.2, 0) is 0 Å². The van der Waals surface area contributed by atoms with Gasteiger partial charge in [0, 0.05) is 22.4 Å². The molecule has 0 aliphatic heterocycles. The topological polar surface area (TPSA) is 84.5 Å². The molecule has 0 spiro atoms. The third-order valence-electron chi connectivity index (χ3n) is 5.60. The number of fused-ring (bicyclic) bond motifs is 2. The average Bonchev–Trinajstić information content (AvgIpc) is 2.88. The number of amides is 1. The zero-order valence-electron chi connectivity index (χ0n) is 18.1. The van der Waals surface area contributed by atoms with Gasteiger partial charge in [0.15, 0.2) is 18.3 Å². The number of carbonyl (C=O) groups is 3. The Bertz CT molecular complexity index is 1400. The summed E-state index contributed by atoms with van der Waals surface area (Å²) < 4.78 is 5.68. The highest BCUT2D eigenvalue weighted by Gasteiger charge is 2.33. The lowest BCUT2D eigenvalue weighted by molar-refractivity contribution is 0.0979. The highest BCUT2D eigenvalue weighted by Crippen LogP contribution is 2.35. The lowest BCUT2D eigenvalue weighted by Crippen LogP contribution is -2.25. The van der Waals surface area contributed by atoms with Crippen LogP contribution in [-0.4, -0.2) is 24.2 Å². The molecular formula is C28H20N2O4. The number of ether oxygens (including phenoxy) is 1. The molecule has 1 aliphatic carbocycles. The van der Waals surface area contributed by atoms with E-state index in [1.54, 1.807) is 60.7 Å². The number of hydrogen-bond acceptors (Lipinski definition) is 5. The van der Waals surface area contributed by atoms with Crippen molar-refractivity contribution in [1.82, 2.24) is 0 Å². The first-order valence-corrected chi connectivity index (χ1v) is 10.8. The van der Waals surface area contributed by atoms with Crippen LogP contribution in [0.4, 0.5) is 11.4 Å². The minimum atomic E-state index is -0.353. The summed E-state index contributed by atoms with van der Waals surface area (Å²) in [6.45, 7) is 0.127. The van der Waals surface area contributed by atoms with E-state index in [9.17, 15) is 14.4 Å². The monoisotopic (exact) mass is 448 g/mol. The SMILES string of the molecule is O=C(Nc1cccc2c1C(=O)c1cccc(NCOc3ccccc3)c1C2=O)c1ccccc1. The van der Waals surface area contributed by atoms with Crippen molar-refractivity contribution >= 4 is 28.8 Å². The molecule has 0 saturated carbocycles. The fourth-order valence-corrected chi connectivity index (χ4v) is 3.99. The Kier molecular flexibility index (Phi) is 5.62. The summed E-state index contributed by atoms with van der Waals surface area (Å²) in [7, 11) is 0. The van der Waals surface area contributed by atoms with E-state index in [1.807, 2.05) is 36.4 Å². The highest BCUT2D eigenvalue weighted by molar-refractivity contribution is 6.32. The van der Waals surface area contributed by atoms with E-state index < -0.39 is 0 Å². The molecule has 0 bridgehead atoms. The van der Waals surface area contributed by atoms with Gasteiger partial charge in [-0.15, -0.1) is 0 Å². The number of para-hydroxylation sites is 1. The maximum absolute atomic E-state index is 13.5. The normalized spacial score (nSPS) is 11.9. The van der Waals surface area contributed by atoms with Crippen LogP contribution in [0.25, 0.3) is 0 Å². The first-order chi connectivity index (χ1) is 16.6. The van der Waals surface area contributed by atoms with Crippen molar-refractivity contribution in [2.75, 3.05) is 17.4 Å². The first kappa shape index (κ1) is 21.2. The van der Waals surface area contributed by atoms with Gasteiger partial charge in [0.25, 0.3) is 5.91 Å². The average molecular weight is 448 g/mol. The summed E-state index contributed by atoms with van der Waals surface area (Å²) in [5.41, 5.74) is 2.30. The summed E-state index contributed by atoms with van der Waals surface area (Å²) >= 11 is 0. The van der Waals surface area contributed by atoms with E-state index in [2.05, 4.69) is 10.6 Å². The van der Waals surface area contributed by atoms with Gasteiger partial charge < -0.3 is 15.4 Å². The number of rotatable bonds is 6. The standard InChI is InChI=1S/C28H20N2O4/c31-26-21-14-8-16-23(30-28(33)18-9-3-1-4-10-18)25(21)27(32)20-13-7-15-22(24(20)26)29-17-34-19-11-5-2-6-12-19/h1-16,29H,17H2,(H,30,33). The summed E-state index contributed by atoms with van der Waals surface area (Å²) in [6.07, 6.45) is 0. The molecule has 34 heavy (non-hydrogen) atoms. The minimum absolute atomic E-state index is 0.127. The van der Waals surface area contributed by atoms with E-state index in [-0.39, 0.29) is 40.9 Å². The second kappa shape index (κ2) is 9.03. The predicted octanol–water partition coefficient (Wildman–Crippen LogP) is 5.16. The largest absolute Gasteiger partial charge is 0.473 e. The van der Waals surface area contributed by atoms with Crippen LogP contribution in [0.2, 0.25) is 0 Å². The number of anilines is 2. The maximum Gasteiger partial charge on any atom is 0.255 e. The van der Waals surface area contributed by atoms with Gasteiger partial charge in [0.2, 0.25) is 0 Å². The molecule has 5 rings (SSSR count). The zero-order chi connectivity index (χ0) is 23.5. The molecule has 0 heterocycles. The number of nitrogens with one attached hydrogen (secondary N) is 2. The lowest BCUT2D eigenvalue weighted by atomic mass is 9.82. The third-order valence-corrected chi connectivity index (χ3v) is 5.60. The molecule has 1 amide bonds. The van der Waals surface area contributed by atoms with Crippen LogP contribution in [0.5, 0.6) is 5.75 Å². The van der Waals surface area contributed by atoms with E-state index in [1.165, 1.54) is 0 Å². The third kappa shape index (κ3) is 3.93. The van der Waals surface area contributed by atoms with Gasteiger partial charge in [-0.25, -0.2) is 0 Å². The number of ketones is 2. The van der Waals surface area contributed by atoms with Crippen LogP contribution < -0.4 is 15.4 Å². The van der Waals surface area contributed by atoms with Crippen LogP contribution in [0.1, 0.15) is 42.2 Å². The van der Waals surface area contributed by atoms with Crippen LogP contribution >= 0.6 is 0 Å². The van der Waals surface area contributed by atoms with Crippen LogP contribution in [0, 0.1) is 0 Å². The Balaban J connectivity index is 1.44. The van der Waals surface area contributed by atoms with Gasteiger partial charge in [-0.3, -0.25) is 14.4 Å². The molecule has 0 aromatic heterocycles. The van der Waals surface area contributed by atoms with Crippen molar-refractivity contribution in [1.29, 1.82) is 0 Å². The molecule has 0 atom stereocenters. The molecule has 6 heteroatoms. The summed E-state index contributed by atoms with van der Waals surface area (Å²) in [6, 6.07) is 28.0. The molecule has 0 fully saturated rings. The molecule has 6 nitrogen and oxygen atoms in total. The number of benzene rings is 4. The second-order valence-electron chi connectivity index (χ2n) is 7.71. The van der Waals surface area contributed by atoms with Crippen molar-refractivity contribution in [3.63, 3.8) is 0 Å². The fourth-order valence-electron chi connectivity index (χ4n) is 3.99. The number of carbonyl (C=O) groups excluding carboxylic acids is 3. The van der Waals surface area contributed by atoms with Gasteiger partial charge in [-0.2, -0.15) is 0 Å². The van der Waals surface area contributed by atoms with Crippen LogP contribution in [0.3, 0.4) is 0 Å². The van der Waals surface area contributed by atoms with Crippen molar-refractivity contribution in [2.45, 2.75) is 0 Å². The molecule has 4 aromatic rings. The van der Waals surface area contributed by atoms with E-state index in [4.69, 9.17) is 4.74 Å². The van der Waals surface area contributed by atoms with Crippen LogP contribution in [0.15, 0.2) is 97.1 Å². The summed E-state index contributed by atoms with van der Waals surface area (Å²) in [5, 5.41) is 5.89. The van der Waals surface area contributed by atoms with Crippen molar-refractivity contribution in [3.8, 4) is 5.75 Å². The van der Waals surface area contributed by atoms with Gasteiger partial charge in [0.1, 0.15) is 5.75 Å². The van der Waals surface area contributed by atoms with Gasteiger partial charge in [-0.05, 0) is 36.4 Å². The molecular weight excluding hydrogens is 428 g/mol. The highest BCUT2D eigenvalue weighted by atomic mass is 16.5. The van der Waals surface area contributed by atoms with Gasteiger partial charge in [-0.1, -0.05) is 60.7 Å². The minimum Gasteiger partial charge on any atom is -0.473 e. The van der Waals surface area contributed by atoms with E-state index in [0.717, 1.165) is 0 Å². The smallest absolute Gasteiger partial charge is 0.255 e. The van der Waals surface area contributed by atoms with E-state index in [0.29, 0.717) is 28.3 Å². The summed E-state index contributed by atoms with van der Waals surface area (Å²) in [5.74, 6) is -0.274. The van der Waals surface area contributed by atoms with Gasteiger partial charge >= 0.3 is 0 Å². The summed E-state index contributed by atoms with van der Waals surface area (Å²) in [4.78, 5) is 39.6. The fraction of sp³-hybridized carbons (Fsp3) is 0.0357. The van der Waals surface area contributed by atoms with Crippen molar-refractivity contribution in [3.05, 3.63) is 125 Å². The number of hydrogen-bond donors (Lipinski definition) is 2. The molecule has 1 aliphatic rings. The molecule has 2 N–H and O–H groups in total. The molecule has 0 radical (unpaired) electrons. The lowest BCUT2D eigenvalue weighted by Gasteiger charge is -2.23. The quantitative estimate of drug-likeness (QED) is 0.351. The Hall–Kier alpha value is -4.71. The molecule has 0 unspecified atom stereocenters. The van der Waals surface area contributed by atoms with Gasteiger partial charge in [0.05, 0.1) is 16.8 Å². The molecule has 4 aromatic carbocycles. The van der Waals surface area contributed by atoms with E-state index >= 15 is 0 Å². The Morgan fingerprint density at radius 2 is 1.21 bits per heavy atom. The predicted molar refractivity (Wildman–Crippen MR) is 130 cm³/mol. The van der Waals surface area contributed by atoms with Crippen molar-refractivity contribution < 1.29 is 19.1 Å². The molecule has 0 saturated heterocycles. The second-order valence-corrected chi connectivity index (χ2v) is 7.71. The maximum atomic E-state index is 13.5. The molecule has 166 valence electrons. The zero-order valence-corrected chi connectivity index (χ0v) is 18.1. The Morgan fingerprint density at radius 1 is 0.647 bits per heavy atom. The Labute approximate surface area is 196 Å². The first-order valence-electron chi connectivity index (χ1n) is 10.8. The van der Waals surface area contributed by atoms with Crippen molar-refractivity contribution in [2.24, 2.45) is 0 Å².